The average Bonchev–Trinajstić information content (AvgIpc) is 3.06. The summed E-state index contributed by atoms with van der Waals surface area (Å²) in [6.07, 6.45) is 4.35. The van der Waals surface area contributed by atoms with E-state index in [1.807, 2.05) is 4.68 Å². The fourth-order valence-corrected chi connectivity index (χ4v) is 2.15. The first-order valence-corrected chi connectivity index (χ1v) is 8.16. The van der Waals surface area contributed by atoms with Crippen molar-refractivity contribution in [1.82, 2.24) is 25.4 Å². The van der Waals surface area contributed by atoms with Crippen molar-refractivity contribution in [1.29, 1.82) is 0 Å². The van der Waals surface area contributed by atoms with E-state index in [0.29, 0.717) is 12.6 Å². The highest BCUT2D eigenvalue weighted by Gasteiger charge is 2.03. The summed E-state index contributed by atoms with van der Waals surface area (Å²) in [5.41, 5.74) is 2.38. The molecule has 0 amide bonds. The summed E-state index contributed by atoms with van der Waals surface area (Å²) < 4.78 is 1.82. The van der Waals surface area contributed by atoms with Crippen LogP contribution in [-0.4, -0.2) is 33.3 Å². The van der Waals surface area contributed by atoms with Gasteiger partial charge in [0.2, 0.25) is 0 Å². The van der Waals surface area contributed by atoms with Gasteiger partial charge in [0.15, 0.2) is 5.96 Å². The molecule has 2 N–H and O–H groups in total. The highest BCUT2D eigenvalue weighted by atomic mass is 127. The molecule has 1 aromatic heterocycles. The van der Waals surface area contributed by atoms with Crippen LogP contribution >= 0.6 is 24.0 Å². The highest BCUT2D eigenvalue weighted by Crippen LogP contribution is 2.08. The van der Waals surface area contributed by atoms with Crippen LogP contribution in [0.1, 0.15) is 38.3 Å². The van der Waals surface area contributed by atoms with E-state index in [2.05, 4.69) is 70.7 Å². The second kappa shape index (κ2) is 11.0. The molecule has 0 aliphatic heterocycles. The Bertz CT molecular complexity index is 611. The second-order valence-corrected chi connectivity index (χ2v) is 5.56. The van der Waals surface area contributed by atoms with Crippen molar-refractivity contribution >= 4 is 29.9 Å². The van der Waals surface area contributed by atoms with E-state index in [4.69, 9.17) is 0 Å². The molecule has 0 aliphatic rings. The smallest absolute Gasteiger partial charge is 0.191 e. The quantitative estimate of drug-likeness (QED) is 0.393. The maximum Gasteiger partial charge on any atom is 0.191 e. The number of halogens is 1. The van der Waals surface area contributed by atoms with Gasteiger partial charge >= 0.3 is 0 Å². The number of benzene rings is 1. The zero-order valence-electron chi connectivity index (χ0n) is 14.6. The summed E-state index contributed by atoms with van der Waals surface area (Å²) in [5.74, 6) is 0.864. The molecular weight excluding hydrogens is 415 g/mol. The van der Waals surface area contributed by atoms with Crippen LogP contribution in [0.5, 0.6) is 0 Å². The maximum atomic E-state index is 4.67. The molecule has 0 fully saturated rings. The first-order valence-electron chi connectivity index (χ1n) is 8.16. The van der Waals surface area contributed by atoms with Gasteiger partial charge in [0, 0.05) is 12.6 Å². The monoisotopic (exact) mass is 442 g/mol. The largest absolute Gasteiger partial charge is 0.357 e. The van der Waals surface area contributed by atoms with Crippen molar-refractivity contribution in [2.75, 3.05) is 6.54 Å². The number of nitrogens with zero attached hydrogens (tertiary/aromatic N) is 4. The number of aromatic nitrogens is 3. The Balaban J connectivity index is 0.00000288. The van der Waals surface area contributed by atoms with Gasteiger partial charge in [-0.05, 0) is 31.4 Å². The van der Waals surface area contributed by atoms with Crippen molar-refractivity contribution in [2.45, 2.75) is 46.3 Å². The fraction of sp³-hybridized carbons (Fsp3) is 0.471. The molecule has 6 nitrogen and oxygen atoms in total. The molecular formula is C17H27IN6. The summed E-state index contributed by atoms with van der Waals surface area (Å²) in [6.45, 7) is 8.63. The van der Waals surface area contributed by atoms with E-state index >= 15 is 0 Å². The number of nitrogens with one attached hydrogen (secondary N) is 2. The van der Waals surface area contributed by atoms with E-state index in [9.17, 15) is 0 Å². The third-order valence-electron chi connectivity index (χ3n) is 3.56. The lowest BCUT2D eigenvalue weighted by atomic mass is 10.1. The Morgan fingerprint density at radius 2 is 2.08 bits per heavy atom. The van der Waals surface area contributed by atoms with Crippen LogP contribution in [0.25, 0.3) is 0 Å². The molecule has 0 spiro atoms. The van der Waals surface area contributed by atoms with E-state index in [-0.39, 0.29) is 24.0 Å². The topological polar surface area (TPSA) is 67.1 Å². The van der Waals surface area contributed by atoms with Gasteiger partial charge in [0.25, 0.3) is 0 Å². The summed E-state index contributed by atoms with van der Waals surface area (Å²) >= 11 is 0. The first-order chi connectivity index (χ1) is 11.2. The van der Waals surface area contributed by atoms with Gasteiger partial charge in [-0.25, -0.2) is 14.7 Å². The molecule has 2 rings (SSSR count). The maximum absolute atomic E-state index is 4.67. The molecule has 1 unspecified atom stereocenters. The van der Waals surface area contributed by atoms with Crippen LogP contribution < -0.4 is 10.6 Å². The lowest BCUT2D eigenvalue weighted by molar-refractivity contribution is 0.624. The summed E-state index contributed by atoms with van der Waals surface area (Å²) in [4.78, 5) is 8.64. The zero-order chi connectivity index (χ0) is 16.5. The van der Waals surface area contributed by atoms with Gasteiger partial charge in [-0.1, -0.05) is 31.2 Å². The van der Waals surface area contributed by atoms with Gasteiger partial charge in [0.05, 0.1) is 13.1 Å². The number of hydrogen-bond acceptors (Lipinski definition) is 3. The number of rotatable bonds is 7. The van der Waals surface area contributed by atoms with Crippen molar-refractivity contribution in [3.63, 3.8) is 0 Å². The van der Waals surface area contributed by atoms with Crippen LogP contribution in [0.4, 0.5) is 0 Å². The Kier molecular flexibility index (Phi) is 9.36. The molecule has 1 aromatic carbocycles. The van der Waals surface area contributed by atoms with Crippen molar-refractivity contribution < 1.29 is 0 Å². The molecule has 7 heteroatoms. The van der Waals surface area contributed by atoms with Gasteiger partial charge in [0.1, 0.15) is 12.7 Å². The minimum atomic E-state index is 0. The van der Waals surface area contributed by atoms with Crippen molar-refractivity contribution in [3.8, 4) is 0 Å². The van der Waals surface area contributed by atoms with Gasteiger partial charge < -0.3 is 10.6 Å². The van der Waals surface area contributed by atoms with Crippen LogP contribution in [0.2, 0.25) is 0 Å². The Morgan fingerprint density at radius 3 is 2.75 bits per heavy atom. The third-order valence-corrected chi connectivity index (χ3v) is 3.56. The van der Waals surface area contributed by atoms with E-state index < -0.39 is 0 Å². The minimum Gasteiger partial charge on any atom is -0.357 e. The Morgan fingerprint density at radius 1 is 1.29 bits per heavy atom. The molecule has 0 saturated carbocycles. The normalized spacial score (nSPS) is 12.4. The third kappa shape index (κ3) is 6.86. The summed E-state index contributed by atoms with van der Waals surface area (Å²) in [7, 11) is 0. The fourth-order valence-electron chi connectivity index (χ4n) is 2.15. The number of guanidine groups is 1. The molecule has 24 heavy (non-hydrogen) atoms. The van der Waals surface area contributed by atoms with E-state index in [0.717, 1.165) is 25.5 Å². The molecule has 0 bridgehead atoms. The van der Waals surface area contributed by atoms with Gasteiger partial charge in [-0.2, -0.15) is 5.10 Å². The SMILES string of the molecule is CCNC(=NCc1cccc(Cn2cncn2)c1)NC(C)CC.I. The predicted octanol–water partition coefficient (Wildman–Crippen LogP) is 2.80. The van der Waals surface area contributed by atoms with Crippen molar-refractivity contribution in [3.05, 3.63) is 48.0 Å². The Labute approximate surface area is 161 Å². The molecule has 2 aromatic rings. The average molecular weight is 442 g/mol. The van der Waals surface area contributed by atoms with Crippen LogP contribution in [0.15, 0.2) is 41.9 Å². The van der Waals surface area contributed by atoms with Crippen LogP contribution in [0.3, 0.4) is 0 Å². The number of hydrogen-bond donors (Lipinski definition) is 2. The zero-order valence-corrected chi connectivity index (χ0v) is 16.9. The Hall–Kier alpha value is -1.64. The second-order valence-electron chi connectivity index (χ2n) is 5.56. The highest BCUT2D eigenvalue weighted by molar-refractivity contribution is 14.0. The van der Waals surface area contributed by atoms with E-state index in [1.165, 1.54) is 11.1 Å². The molecule has 0 aliphatic carbocycles. The number of aliphatic imine (C=N–C) groups is 1. The van der Waals surface area contributed by atoms with Gasteiger partial charge in [-0.15, -0.1) is 24.0 Å². The first kappa shape index (κ1) is 20.4. The molecule has 0 saturated heterocycles. The van der Waals surface area contributed by atoms with Crippen molar-refractivity contribution in [2.24, 2.45) is 4.99 Å². The molecule has 1 atom stereocenters. The summed E-state index contributed by atoms with van der Waals surface area (Å²) in [6, 6.07) is 8.83. The van der Waals surface area contributed by atoms with Crippen LogP contribution in [0, 0.1) is 0 Å². The lowest BCUT2D eigenvalue weighted by Crippen LogP contribution is -2.41. The van der Waals surface area contributed by atoms with E-state index in [1.54, 1.807) is 12.7 Å². The summed E-state index contributed by atoms with van der Waals surface area (Å²) in [5, 5.41) is 10.8. The molecule has 1 heterocycles. The predicted molar refractivity (Wildman–Crippen MR) is 109 cm³/mol. The minimum absolute atomic E-state index is 0. The lowest BCUT2D eigenvalue weighted by Gasteiger charge is -2.16. The standard InChI is InChI=1S/C17H26N6.HI/c1-4-14(3)22-17(19-5-2)20-10-15-7-6-8-16(9-15)11-23-13-18-12-21-23;/h6-9,12-14H,4-5,10-11H2,1-3H3,(H2,19,20,22);1H. The molecule has 132 valence electrons. The molecule has 0 radical (unpaired) electrons. The van der Waals surface area contributed by atoms with Gasteiger partial charge in [-0.3, -0.25) is 0 Å². The van der Waals surface area contributed by atoms with Crippen LogP contribution in [-0.2, 0) is 13.1 Å².